The molecule has 0 amide bonds. The summed E-state index contributed by atoms with van der Waals surface area (Å²) in [5, 5.41) is 4.87. The van der Waals surface area contributed by atoms with Gasteiger partial charge in [0, 0.05) is 54.1 Å². The van der Waals surface area contributed by atoms with E-state index in [4.69, 9.17) is 4.42 Å². The third-order valence-electron chi connectivity index (χ3n) is 13.9. The lowest BCUT2D eigenvalue weighted by Gasteiger charge is -2.36. The molecule has 2 aromatic heterocycles. The monoisotopic (exact) mass is 831 g/mol. The lowest BCUT2D eigenvalue weighted by atomic mass is 9.65. The van der Waals surface area contributed by atoms with Gasteiger partial charge in [-0.1, -0.05) is 158 Å². The average molecular weight is 832 g/mol. The number of hydrogen-bond acceptors (Lipinski definition) is 3. The fourth-order valence-corrected chi connectivity index (χ4v) is 12.3. The number of hydrogen-bond donors (Lipinski definition) is 0. The van der Waals surface area contributed by atoms with Gasteiger partial charge in [0.2, 0.25) is 0 Å². The second kappa shape index (κ2) is 13.5. The third-order valence-corrected chi connectivity index (χ3v) is 15.0. The Kier molecular flexibility index (Phi) is 7.51. The van der Waals surface area contributed by atoms with Crippen molar-refractivity contribution in [3.05, 3.63) is 247 Å². The second-order valence-electron chi connectivity index (χ2n) is 17.1. The van der Waals surface area contributed by atoms with E-state index in [1.54, 1.807) is 0 Å². The fraction of sp³-hybridized carbons (Fsp3) is 0.0164. The molecule has 14 rings (SSSR count). The van der Waals surface area contributed by atoms with Gasteiger partial charge in [-0.3, -0.25) is 0 Å². The highest BCUT2D eigenvalue weighted by molar-refractivity contribution is 7.25. The minimum atomic E-state index is -0.636. The molecular formula is C61H37NOS. The molecule has 0 saturated carbocycles. The molecule has 2 aliphatic rings. The van der Waals surface area contributed by atoms with E-state index < -0.39 is 5.41 Å². The van der Waals surface area contributed by atoms with Crippen LogP contribution in [0.4, 0.5) is 17.1 Å². The molecule has 2 heterocycles. The van der Waals surface area contributed by atoms with Gasteiger partial charge < -0.3 is 9.32 Å². The third kappa shape index (κ3) is 4.96. The average Bonchev–Trinajstić information content (AvgIpc) is 3.99. The van der Waals surface area contributed by atoms with Gasteiger partial charge >= 0.3 is 0 Å². The van der Waals surface area contributed by atoms with Crippen LogP contribution in [-0.4, -0.2) is 0 Å². The van der Waals surface area contributed by atoms with E-state index in [9.17, 15) is 0 Å². The van der Waals surface area contributed by atoms with Crippen LogP contribution in [0.25, 0.3) is 86.6 Å². The molecule has 0 fully saturated rings. The molecule has 0 bridgehead atoms. The number of furan rings is 1. The summed E-state index contributed by atoms with van der Waals surface area (Å²) in [6.45, 7) is 0. The number of anilines is 3. The van der Waals surface area contributed by atoms with E-state index in [0.29, 0.717) is 0 Å². The quantitative estimate of drug-likeness (QED) is 0.176. The summed E-state index contributed by atoms with van der Waals surface area (Å²) in [7, 11) is 0. The Balaban J connectivity index is 1.08. The summed E-state index contributed by atoms with van der Waals surface area (Å²) in [5.74, 6) is 0. The maximum absolute atomic E-state index is 6.56. The normalized spacial score (nSPS) is 14.6. The molecule has 1 unspecified atom stereocenters. The van der Waals surface area contributed by atoms with Crippen LogP contribution in [0.1, 0.15) is 22.3 Å². The minimum absolute atomic E-state index is 0.636. The van der Waals surface area contributed by atoms with Crippen LogP contribution in [-0.2, 0) is 5.41 Å². The van der Waals surface area contributed by atoms with Crippen molar-refractivity contribution in [1.82, 2.24) is 0 Å². The Labute approximate surface area is 374 Å². The highest BCUT2D eigenvalue weighted by Gasteiger charge is 2.50. The Morgan fingerprint density at radius 1 is 0.312 bits per heavy atom. The van der Waals surface area contributed by atoms with E-state index in [-0.39, 0.29) is 0 Å². The van der Waals surface area contributed by atoms with Gasteiger partial charge in [-0.15, -0.1) is 11.3 Å². The van der Waals surface area contributed by atoms with Crippen molar-refractivity contribution in [2.24, 2.45) is 0 Å². The van der Waals surface area contributed by atoms with E-state index in [2.05, 4.69) is 223 Å². The van der Waals surface area contributed by atoms with E-state index >= 15 is 0 Å². The van der Waals surface area contributed by atoms with Crippen LogP contribution in [0.3, 0.4) is 0 Å². The smallest absolute Gasteiger partial charge is 0.137 e. The first-order valence-electron chi connectivity index (χ1n) is 22.0. The molecular weight excluding hydrogens is 795 g/mol. The van der Waals surface area contributed by atoms with Gasteiger partial charge in [-0.2, -0.15) is 0 Å². The lowest BCUT2D eigenvalue weighted by molar-refractivity contribution is 0.669. The van der Waals surface area contributed by atoms with Gasteiger partial charge in [0.15, 0.2) is 0 Å². The molecule has 0 radical (unpaired) electrons. The molecule has 2 nitrogen and oxygen atoms in total. The summed E-state index contributed by atoms with van der Waals surface area (Å²) < 4.78 is 9.19. The number of rotatable bonds is 4. The minimum Gasteiger partial charge on any atom is -0.456 e. The van der Waals surface area contributed by atoms with Gasteiger partial charge in [-0.25, -0.2) is 0 Å². The molecule has 0 aliphatic heterocycles. The van der Waals surface area contributed by atoms with Crippen LogP contribution in [0.15, 0.2) is 229 Å². The zero-order valence-electron chi connectivity index (χ0n) is 34.6. The van der Waals surface area contributed by atoms with Crippen molar-refractivity contribution >= 4 is 70.5 Å². The summed E-state index contributed by atoms with van der Waals surface area (Å²) in [5.41, 5.74) is 19.5. The van der Waals surface area contributed by atoms with Crippen molar-refractivity contribution in [2.45, 2.75) is 5.41 Å². The molecule has 64 heavy (non-hydrogen) atoms. The van der Waals surface area contributed by atoms with E-state index in [1.165, 1.54) is 86.9 Å². The van der Waals surface area contributed by atoms with Gasteiger partial charge in [0.05, 0.1) is 5.41 Å². The molecule has 10 aromatic carbocycles. The van der Waals surface area contributed by atoms with Crippen LogP contribution < -0.4 is 4.90 Å². The highest BCUT2D eigenvalue weighted by Crippen LogP contribution is 2.63. The molecule has 3 heteroatoms. The maximum atomic E-state index is 6.56. The van der Waals surface area contributed by atoms with Crippen molar-refractivity contribution in [3.8, 4) is 44.5 Å². The number of nitrogens with zero attached hydrogens (tertiary/aromatic N) is 1. The summed E-state index contributed by atoms with van der Waals surface area (Å²) >= 11 is 1.90. The number of para-hydroxylation sites is 1. The van der Waals surface area contributed by atoms with Crippen LogP contribution in [0.2, 0.25) is 0 Å². The van der Waals surface area contributed by atoms with Crippen LogP contribution in [0.5, 0.6) is 0 Å². The molecule has 1 spiro atoms. The maximum Gasteiger partial charge on any atom is 0.137 e. The van der Waals surface area contributed by atoms with Gasteiger partial charge in [-0.05, 0) is 127 Å². The van der Waals surface area contributed by atoms with Crippen molar-refractivity contribution in [1.29, 1.82) is 0 Å². The van der Waals surface area contributed by atoms with E-state index in [1.807, 2.05) is 17.4 Å². The molecule has 298 valence electrons. The van der Waals surface area contributed by atoms with E-state index in [0.717, 1.165) is 39.0 Å². The standard InChI is InChI=1S/C61H37NOS/c1-2-14-38(15-3-1)39-26-28-40(29-27-39)62(42-31-33-49-48-20-8-12-24-57(48)63-58(49)35-42)41-30-32-47-44-17-5-4-16-43(44)45-18-6-10-22-53(45)61(55(47)34-41)54-23-11-7-19-46(54)51-36-52-50-21-9-13-25-59(50)64-60(52)37-56(51)61/h1-37H. The highest BCUT2D eigenvalue weighted by atomic mass is 32.1. The molecule has 12 aromatic rings. The molecule has 0 saturated heterocycles. The Morgan fingerprint density at radius 2 is 0.859 bits per heavy atom. The van der Waals surface area contributed by atoms with Crippen LogP contribution >= 0.6 is 11.3 Å². The zero-order chi connectivity index (χ0) is 41.9. The topological polar surface area (TPSA) is 16.4 Å². The molecule has 2 aliphatic carbocycles. The Bertz CT molecular complexity index is 3860. The SMILES string of the molecule is c1ccc(-c2ccc(N(c3ccc4c(c3)C3(c5ccccc5-c5ccccc5-4)c4ccccc4-c4cc5c(cc43)sc3ccccc35)c3ccc4c(c3)oc3ccccc34)cc2)cc1. The first kappa shape index (κ1) is 35.6. The molecule has 0 N–H and O–H groups in total. The number of benzene rings is 10. The van der Waals surface area contributed by atoms with Crippen LogP contribution in [0, 0.1) is 0 Å². The predicted molar refractivity (Wildman–Crippen MR) is 268 cm³/mol. The van der Waals surface area contributed by atoms with Crippen molar-refractivity contribution in [2.75, 3.05) is 4.90 Å². The van der Waals surface area contributed by atoms with Crippen molar-refractivity contribution < 1.29 is 4.42 Å². The largest absolute Gasteiger partial charge is 0.456 e. The van der Waals surface area contributed by atoms with Crippen molar-refractivity contribution in [3.63, 3.8) is 0 Å². The summed E-state index contributed by atoms with van der Waals surface area (Å²) in [6, 6.07) is 83.1. The van der Waals surface area contributed by atoms with Gasteiger partial charge in [0.25, 0.3) is 0 Å². The summed E-state index contributed by atoms with van der Waals surface area (Å²) in [4.78, 5) is 2.41. The lowest BCUT2D eigenvalue weighted by Crippen LogP contribution is -2.29. The molecule has 1 atom stereocenters. The second-order valence-corrected chi connectivity index (χ2v) is 18.2. The fourth-order valence-electron chi connectivity index (χ4n) is 11.2. The summed E-state index contributed by atoms with van der Waals surface area (Å²) in [6.07, 6.45) is 0. The first-order chi connectivity index (χ1) is 31.7. The Hall–Kier alpha value is -7.98. The van der Waals surface area contributed by atoms with Gasteiger partial charge in [0.1, 0.15) is 11.2 Å². The first-order valence-corrected chi connectivity index (χ1v) is 22.8. The predicted octanol–water partition coefficient (Wildman–Crippen LogP) is 17.1. The Morgan fingerprint density at radius 3 is 1.64 bits per heavy atom. The zero-order valence-corrected chi connectivity index (χ0v) is 35.4. The number of fused-ring (bicyclic) bond motifs is 18. The number of thiophene rings is 1.